The molecule has 0 spiro atoms. The van der Waals surface area contributed by atoms with Crippen molar-refractivity contribution in [3.05, 3.63) is 87.7 Å². The zero-order valence-corrected chi connectivity index (χ0v) is 46.6. The Kier molecular flexibility index (Phi) is 22.5. The van der Waals surface area contributed by atoms with Gasteiger partial charge in [0, 0.05) is 18.7 Å². The highest BCUT2D eigenvalue weighted by atomic mass is 35.5. The number of anilines is 2. The lowest BCUT2D eigenvalue weighted by Gasteiger charge is -2.22. The molecule has 27 heteroatoms. The van der Waals surface area contributed by atoms with E-state index in [0.717, 1.165) is 76.5 Å². The number of Topliss-reactive ketones (excluding diaryl/α,β-unsaturated/α-hetero) is 2. The number of carbonyl (C=O) groups is 10. The van der Waals surface area contributed by atoms with Gasteiger partial charge in [-0.05, 0) is 76.9 Å². The predicted octanol–water partition coefficient (Wildman–Crippen LogP) is 8.01. The molecule has 3 atom stereocenters. The molecule has 2 fully saturated rings. The maximum atomic E-state index is 13.5. The number of nitrogens with one attached hydrogen (secondary N) is 4. The second-order valence-electron chi connectivity index (χ2n) is 18.8. The Balaban J connectivity index is 0.000000291. The molecule has 2 aliphatic heterocycles. The first kappa shape index (κ1) is 62.5. The van der Waals surface area contributed by atoms with Gasteiger partial charge in [0.1, 0.15) is 17.7 Å². The van der Waals surface area contributed by atoms with Gasteiger partial charge in [-0.1, -0.05) is 101 Å². The first-order valence-electron chi connectivity index (χ1n) is 25.5. The number of ketones is 2. The Morgan fingerprint density at radius 2 is 1.34 bits per heavy atom. The van der Waals surface area contributed by atoms with Crippen molar-refractivity contribution < 1.29 is 74.7 Å². The Hall–Kier alpha value is -7.35. The van der Waals surface area contributed by atoms with Crippen molar-refractivity contribution in [2.75, 3.05) is 23.7 Å². The number of aldehydes is 1. The van der Waals surface area contributed by atoms with Crippen LogP contribution in [0.2, 0.25) is 10.0 Å². The van der Waals surface area contributed by atoms with Crippen molar-refractivity contribution in [1.82, 2.24) is 29.8 Å². The summed E-state index contributed by atoms with van der Waals surface area (Å²) >= 11 is 12.6. The molecule has 426 valence electrons. The Labute approximate surface area is 465 Å². The third-order valence-electron chi connectivity index (χ3n) is 12.3. The summed E-state index contributed by atoms with van der Waals surface area (Å²) in [6, 6.07) is 3.74. The van der Waals surface area contributed by atoms with Crippen LogP contribution in [0, 0.1) is 6.92 Å². The number of hydrogen-bond acceptors (Lipinski definition) is 18. The molecule has 6 rings (SSSR count). The van der Waals surface area contributed by atoms with Crippen molar-refractivity contribution in [2.45, 2.75) is 147 Å². The van der Waals surface area contributed by atoms with E-state index in [9.17, 15) is 56.4 Å². The summed E-state index contributed by atoms with van der Waals surface area (Å²) in [5.41, 5.74) is -2.11. The van der Waals surface area contributed by atoms with Crippen LogP contribution in [0.15, 0.2) is 62.8 Å². The number of ether oxygens (including phenoxy) is 2. The van der Waals surface area contributed by atoms with Crippen LogP contribution in [0.25, 0.3) is 0 Å². The minimum Gasteiger partial charge on any atom is -0.451 e. The lowest BCUT2D eigenvalue weighted by Crippen LogP contribution is -2.53. The van der Waals surface area contributed by atoms with E-state index in [-0.39, 0.29) is 62.1 Å². The highest BCUT2D eigenvalue weighted by Gasteiger charge is 2.55. The number of aryl methyl sites for hydroxylation is 1. The van der Waals surface area contributed by atoms with Crippen LogP contribution in [-0.2, 0) is 38.7 Å². The standard InChI is InChI=1S/C28H33ClN4O8.C24H29ClN4O8S/c1-5-6-7-8-9-10-13-30-24(36)17-11-12-19(18(29)14-17)31-25(37)22(33-26(38)28(3,4)41-27(33)39)23(35)21-16(2)40-20(15-34)32-21;1-3-4-5-6-7-8-11-27-38(34,35)16-9-10-18(17(25)12-16)28-22(31)20(21(30)19-13-36-14-26-19)29-23(32)15(2)37-24(29)33/h11-12,14-15,22H,5-10,13H2,1-4H3,(H,30,36)(H,31,37);9-10,12-15,20,27H,3-8,11H2,1-2H3,(H,28,31). The summed E-state index contributed by atoms with van der Waals surface area (Å²) in [5, 5.41) is 7.48. The third-order valence-corrected chi connectivity index (χ3v) is 14.4. The average molecular weight is 1160 g/mol. The summed E-state index contributed by atoms with van der Waals surface area (Å²) < 4.78 is 47.6. The van der Waals surface area contributed by atoms with Crippen LogP contribution in [0.3, 0.4) is 0 Å². The smallest absolute Gasteiger partial charge is 0.418 e. The van der Waals surface area contributed by atoms with Crippen LogP contribution in [0.5, 0.6) is 0 Å². The van der Waals surface area contributed by atoms with Gasteiger partial charge in [0.2, 0.25) is 27.9 Å². The van der Waals surface area contributed by atoms with Crippen LogP contribution in [0.1, 0.15) is 159 Å². The van der Waals surface area contributed by atoms with E-state index in [2.05, 4.69) is 44.5 Å². The van der Waals surface area contributed by atoms with Gasteiger partial charge in [0.25, 0.3) is 35.4 Å². The molecule has 7 amide bonds. The fourth-order valence-corrected chi connectivity index (χ4v) is 9.64. The number of carbonyl (C=O) groups excluding carboxylic acids is 10. The molecule has 2 aromatic carbocycles. The molecule has 4 aromatic rings. The predicted molar refractivity (Wildman–Crippen MR) is 284 cm³/mol. The molecule has 0 radical (unpaired) electrons. The van der Waals surface area contributed by atoms with Crippen molar-refractivity contribution in [2.24, 2.45) is 0 Å². The zero-order chi connectivity index (χ0) is 58.2. The van der Waals surface area contributed by atoms with E-state index < -0.39 is 92.8 Å². The summed E-state index contributed by atoms with van der Waals surface area (Å²) in [6.45, 7) is 10.3. The number of cyclic esters (lactones) is 2. The number of aromatic nitrogens is 2. The second-order valence-corrected chi connectivity index (χ2v) is 21.4. The molecule has 0 saturated carbocycles. The van der Waals surface area contributed by atoms with E-state index in [1.807, 2.05) is 0 Å². The van der Waals surface area contributed by atoms with Crippen LogP contribution in [0.4, 0.5) is 21.0 Å². The SMILES string of the molecule is CCCCCCCCNC(=O)c1ccc(NC(=O)C(C(=O)c2nc(C=O)oc2C)N2C(=O)OC(C)(C)C2=O)c(Cl)c1.CCCCCCCCNS(=O)(=O)c1ccc(NC(=O)C(C(=O)c2cocn2)N2C(=O)OC(C)C2=O)c(Cl)c1. The van der Waals surface area contributed by atoms with E-state index in [0.29, 0.717) is 22.8 Å². The summed E-state index contributed by atoms with van der Waals surface area (Å²) in [5.74, 6) is -6.95. The van der Waals surface area contributed by atoms with Gasteiger partial charge in [-0.15, -0.1) is 0 Å². The van der Waals surface area contributed by atoms with E-state index >= 15 is 0 Å². The topological polar surface area (TPSA) is 330 Å². The molecule has 79 heavy (non-hydrogen) atoms. The van der Waals surface area contributed by atoms with Crippen LogP contribution < -0.4 is 20.7 Å². The molecule has 0 aliphatic carbocycles. The van der Waals surface area contributed by atoms with Crippen LogP contribution >= 0.6 is 23.2 Å². The molecule has 2 saturated heterocycles. The van der Waals surface area contributed by atoms with Gasteiger partial charge in [0.05, 0.1) is 26.3 Å². The van der Waals surface area contributed by atoms with Gasteiger partial charge in [-0.3, -0.25) is 38.4 Å². The van der Waals surface area contributed by atoms with Gasteiger partial charge >= 0.3 is 12.2 Å². The molecular formula is C52H62Cl2N8O16S. The van der Waals surface area contributed by atoms with Crippen molar-refractivity contribution >= 4 is 104 Å². The highest BCUT2D eigenvalue weighted by molar-refractivity contribution is 7.89. The fourth-order valence-electron chi connectivity index (χ4n) is 8.02. The molecule has 4 N–H and O–H groups in total. The molecule has 2 aromatic heterocycles. The number of rotatable bonds is 28. The summed E-state index contributed by atoms with van der Waals surface area (Å²) in [7, 11) is -3.85. The summed E-state index contributed by atoms with van der Waals surface area (Å²) in [4.78, 5) is 135. The van der Waals surface area contributed by atoms with Crippen molar-refractivity contribution in [1.29, 1.82) is 0 Å². The molecule has 3 unspecified atom stereocenters. The first-order valence-corrected chi connectivity index (χ1v) is 27.7. The monoisotopic (exact) mass is 1160 g/mol. The van der Waals surface area contributed by atoms with E-state index in [4.69, 9.17) is 41.5 Å². The second kappa shape index (κ2) is 28.5. The normalized spacial score (nSPS) is 15.6. The largest absolute Gasteiger partial charge is 0.451 e. The molecule has 2 aliphatic rings. The van der Waals surface area contributed by atoms with Gasteiger partial charge < -0.3 is 34.3 Å². The van der Waals surface area contributed by atoms with Crippen LogP contribution in [-0.4, -0.2) is 125 Å². The maximum Gasteiger partial charge on any atom is 0.418 e. The quantitative estimate of drug-likeness (QED) is 0.0181. The van der Waals surface area contributed by atoms with Gasteiger partial charge in [-0.2, -0.15) is 0 Å². The molecular weight excluding hydrogens is 1100 g/mol. The molecule has 4 heterocycles. The fraction of sp³-hybridized carbons (Fsp3) is 0.462. The number of nitrogens with zero attached hydrogens (tertiary/aromatic N) is 4. The van der Waals surface area contributed by atoms with Crippen molar-refractivity contribution in [3.63, 3.8) is 0 Å². The number of benzene rings is 2. The molecule has 24 nitrogen and oxygen atoms in total. The maximum absolute atomic E-state index is 13.5. The Morgan fingerprint density at radius 1 is 0.772 bits per heavy atom. The minimum absolute atomic E-state index is 0.0201. The average Bonchev–Trinajstić information content (AvgIpc) is 4.18. The lowest BCUT2D eigenvalue weighted by atomic mass is 10.0. The summed E-state index contributed by atoms with van der Waals surface area (Å²) in [6.07, 6.45) is 11.1. The van der Waals surface area contributed by atoms with Gasteiger partial charge in [-0.25, -0.2) is 42.5 Å². The number of halogens is 2. The number of oxazole rings is 2. The number of hydrogen-bond donors (Lipinski definition) is 4. The lowest BCUT2D eigenvalue weighted by molar-refractivity contribution is -0.137. The highest BCUT2D eigenvalue weighted by Crippen LogP contribution is 2.31. The molecule has 0 bridgehead atoms. The number of unbranched alkanes of at least 4 members (excludes halogenated alkanes) is 10. The van der Waals surface area contributed by atoms with E-state index in [1.165, 1.54) is 70.9 Å². The third kappa shape index (κ3) is 16.1. The first-order chi connectivity index (χ1) is 37.5. The number of sulfonamides is 1. The number of amides is 7. The Morgan fingerprint density at radius 3 is 1.85 bits per heavy atom. The zero-order valence-electron chi connectivity index (χ0n) is 44.3. The number of imide groups is 2. The minimum atomic E-state index is -3.85. The Bertz CT molecular complexity index is 3040. The van der Waals surface area contributed by atoms with Crippen molar-refractivity contribution in [3.8, 4) is 0 Å². The van der Waals surface area contributed by atoms with Gasteiger partial charge in [0.15, 0.2) is 35.9 Å². The van der Waals surface area contributed by atoms with E-state index in [1.54, 1.807) is 0 Å².